The van der Waals surface area contributed by atoms with E-state index in [2.05, 4.69) is 106 Å². The summed E-state index contributed by atoms with van der Waals surface area (Å²) < 4.78 is 0. The molecule has 0 spiro atoms. The van der Waals surface area contributed by atoms with Crippen LogP contribution in [0.15, 0.2) is 65.9 Å². The van der Waals surface area contributed by atoms with Crippen LogP contribution in [0, 0.1) is 6.92 Å². The van der Waals surface area contributed by atoms with Crippen molar-refractivity contribution in [1.82, 2.24) is 10.2 Å². The van der Waals surface area contributed by atoms with E-state index >= 15 is 0 Å². The Bertz CT molecular complexity index is 690. The van der Waals surface area contributed by atoms with Crippen molar-refractivity contribution in [2.24, 2.45) is 5.73 Å². The van der Waals surface area contributed by atoms with Crippen molar-refractivity contribution < 1.29 is 0 Å². The van der Waals surface area contributed by atoms with Crippen molar-refractivity contribution in [3.05, 3.63) is 77.0 Å². The molecule has 1 aromatic rings. The lowest BCUT2D eigenvalue weighted by Crippen LogP contribution is -2.13. The minimum absolute atomic E-state index is 0.750. The predicted octanol–water partition coefficient (Wildman–Crippen LogP) is 7.26. The third-order valence-corrected chi connectivity index (χ3v) is 5.11. The molecular formula is C30H51N3. The second kappa shape index (κ2) is 21.7. The second-order valence-electron chi connectivity index (χ2n) is 8.55. The molecule has 1 saturated heterocycles. The lowest BCUT2D eigenvalue weighted by atomic mass is 10.1. The molecule has 1 aliphatic heterocycles. The number of hydrogen-bond acceptors (Lipinski definition) is 3. The van der Waals surface area contributed by atoms with Gasteiger partial charge in [-0.2, -0.15) is 0 Å². The monoisotopic (exact) mass is 453 g/mol. The fourth-order valence-electron chi connectivity index (χ4n) is 3.19. The minimum Gasteiger partial charge on any atom is -0.388 e. The minimum atomic E-state index is 0.750. The molecule has 0 aromatic heterocycles. The molecular weight excluding hydrogens is 402 g/mol. The van der Waals surface area contributed by atoms with Gasteiger partial charge in [-0.05, 0) is 78.2 Å². The number of nitrogens with one attached hydrogen (secondary N) is 1. The van der Waals surface area contributed by atoms with Crippen LogP contribution in [0.25, 0.3) is 6.08 Å². The van der Waals surface area contributed by atoms with Crippen molar-refractivity contribution in [1.29, 1.82) is 0 Å². The molecule has 1 fully saturated rings. The van der Waals surface area contributed by atoms with Gasteiger partial charge in [0.15, 0.2) is 0 Å². The van der Waals surface area contributed by atoms with Crippen LogP contribution in [0.1, 0.15) is 77.3 Å². The van der Waals surface area contributed by atoms with Gasteiger partial charge in [0.1, 0.15) is 0 Å². The Morgan fingerprint density at radius 3 is 2.15 bits per heavy atom. The van der Waals surface area contributed by atoms with E-state index in [0.29, 0.717) is 0 Å². The van der Waals surface area contributed by atoms with E-state index in [4.69, 9.17) is 5.73 Å². The largest absolute Gasteiger partial charge is 0.388 e. The van der Waals surface area contributed by atoms with Gasteiger partial charge in [-0.25, -0.2) is 0 Å². The number of allylic oxidation sites excluding steroid dienone is 5. The number of benzene rings is 1. The zero-order chi connectivity index (χ0) is 24.7. The molecule has 33 heavy (non-hydrogen) atoms. The third kappa shape index (κ3) is 19.1. The van der Waals surface area contributed by atoms with Crippen LogP contribution < -0.4 is 11.1 Å². The van der Waals surface area contributed by atoms with Crippen molar-refractivity contribution in [2.45, 2.75) is 73.1 Å². The van der Waals surface area contributed by atoms with Gasteiger partial charge in [0.25, 0.3) is 0 Å². The van der Waals surface area contributed by atoms with Crippen LogP contribution >= 0.6 is 0 Å². The summed E-state index contributed by atoms with van der Waals surface area (Å²) in [5, 5.41) is 3.56. The summed E-state index contributed by atoms with van der Waals surface area (Å²) in [5.41, 5.74) is 10.0. The average Bonchev–Trinajstić information content (AvgIpc) is 3.28. The highest BCUT2D eigenvalue weighted by atomic mass is 15.1. The standard InChI is InChI=1S/C23H33N.C5H11N.C2H7N/c1-5-7-8-9-19-24-23(10-6-2)18-14-21(4)13-17-22-15-11-20(3)12-16-22;1-6-4-2-3-5-6;1-2-3/h7-8,10-17,24H,5-6,9,18-19H2,1-4H3;2-5H2,1H3;2-3H2,1H3/b8-7-,17-13+,21-14-,23-10+;;. The van der Waals surface area contributed by atoms with Crippen LogP contribution in [0.2, 0.25) is 0 Å². The molecule has 3 N–H and O–H groups in total. The maximum absolute atomic E-state index is 4.85. The summed E-state index contributed by atoms with van der Waals surface area (Å²) in [4.78, 5) is 2.36. The number of aryl methyl sites for hydroxylation is 1. The molecule has 0 amide bonds. The summed E-state index contributed by atoms with van der Waals surface area (Å²) in [6.07, 6.45) is 20.5. The van der Waals surface area contributed by atoms with E-state index < -0.39 is 0 Å². The quantitative estimate of drug-likeness (QED) is 0.222. The Morgan fingerprint density at radius 1 is 1.00 bits per heavy atom. The molecule has 3 heteroatoms. The van der Waals surface area contributed by atoms with Gasteiger partial charge in [-0.1, -0.05) is 92.6 Å². The van der Waals surface area contributed by atoms with E-state index in [1.165, 1.54) is 48.3 Å². The average molecular weight is 454 g/mol. The normalized spacial score (nSPS) is 14.8. The fraction of sp³-hybridized carbons (Fsp3) is 0.533. The highest BCUT2D eigenvalue weighted by molar-refractivity contribution is 5.53. The van der Waals surface area contributed by atoms with Crippen molar-refractivity contribution in [2.75, 3.05) is 33.2 Å². The zero-order valence-electron chi connectivity index (χ0n) is 22.4. The highest BCUT2D eigenvalue weighted by Crippen LogP contribution is 2.09. The Hall–Kier alpha value is -2.10. The van der Waals surface area contributed by atoms with E-state index in [9.17, 15) is 0 Å². The van der Waals surface area contributed by atoms with Crippen molar-refractivity contribution in [3.8, 4) is 0 Å². The Morgan fingerprint density at radius 2 is 1.64 bits per heavy atom. The first-order chi connectivity index (χ1) is 16.0. The number of likely N-dealkylation sites (tertiary alicyclic amines) is 1. The third-order valence-electron chi connectivity index (χ3n) is 5.11. The molecule has 0 atom stereocenters. The topological polar surface area (TPSA) is 41.3 Å². The maximum Gasteiger partial charge on any atom is 0.0178 e. The molecule has 0 saturated carbocycles. The SMILES string of the molecule is CC/C=C\CCN/C(=C/CC)C/C=C(C)\C=C\c1ccc(C)cc1.CCN.CN1CCCC1. The van der Waals surface area contributed by atoms with E-state index in [1.54, 1.807) is 0 Å². The van der Waals surface area contributed by atoms with Crippen molar-refractivity contribution in [3.63, 3.8) is 0 Å². The number of nitrogens with zero attached hydrogens (tertiary/aromatic N) is 1. The number of rotatable bonds is 10. The smallest absolute Gasteiger partial charge is 0.0178 e. The second-order valence-corrected chi connectivity index (χ2v) is 8.55. The van der Waals surface area contributed by atoms with Crippen LogP contribution in [0.4, 0.5) is 0 Å². The molecule has 0 aliphatic carbocycles. The Kier molecular flexibility index (Phi) is 20.3. The van der Waals surface area contributed by atoms with Crippen LogP contribution in [-0.4, -0.2) is 38.1 Å². The fourth-order valence-corrected chi connectivity index (χ4v) is 3.19. The summed E-state index contributed by atoms with van der Waals surface area (Å²) in [7, 11) is 2.17. The van der Waals surface area contributed by atoms with Gasteiger partial charge in [-0.3, -0.25) is 0 Å². The molecule has 1 aromatic carbocycles. The number of hydrogen-bond donors (Lipinski definition) is 2. The van der Waals surface area contributed by atoms with E-state index in [-0.39, 0.29) is 0 Å². The van der Waals surface area contributed by atoms with Crippen LogP contribution in [-0.2, 0) is 0 Å². The molecule has 1 aliphatic rings. The van der Waals surface area contributed by atoms with Crippen molar-refractivity contribution >= 4 is 6.08 Å². The van der Waals surface area contributed by atoms with Gasteiger partial charge in [0.05, 0.1) is 0 Å². The highest BCUT2D eigenvalue weighted by Gasteiger charge is 2.03. The number of nitrogens with two attached hydrogens (primary N) is 1. The molecule has 0 radical (unpaired) electrons. The first-order valence-corrected chi connectivity index (χ1v) is 12.8. The summed E-state index contributed by atoms with van der Waals surface area (Å²) in [6.45, 7) is 14.9. The lowest BCUT2D eigenvalue weighted by Gasteiger charge is -2.08. The first kappa shape index (κ1) is 30.9. The van der Waals surface area contributed by atoms with Gasteiger partial charge >= 0.3 is 0 Å². The molecule has 186 valence electrons. The van der Waals surface area contributed by atoms with Crippen LogP contribution in [0.3, 0.4) is 0 Å². The summed E-state index contributed by atoms with van der Waals surface area (Å²) in [6, 6.07) is 8.62. The van der Waals surface area contributed by atoms with E-state index in [1.807, 2.05) is 6.92 Å². The molecule has 2 rings (SSSR count). The molecule has 1 heterocycles. The Labute approximate surface area is 205 Å². The van der Waals surface area contributed by atoms with Gasteiger partial charge in [0.2, 0.25) is 0 Å². The van der Waals surface area contributed by atoms with Gasteiger partial charge in [-0.15, -0.1) is 0 Å². The first-order valence-electron chi connectivity index (χ1n) is 12.8. The van der Waals surface area contributed by atoms with Gasteiger partial charge in [0, 0.05) is 18.7 Å². The lowest BCUT2D eigenvalue weighted by molar-refractivity contribution is 0.418. The molecule has 3 nitrogen and oxygen atoms in total. The predicted molar refractivity (Wildman–Crippen MR) is 150 cm³/mol. The van der Waals surface area contributed by atoms with Gasteiger partial charge < -0.3 is 16.0 Å². The molecule has 0 unspecified atom stereocenters. The Balaban J connectivity index is 0.000000946. The molecule has 0 bridgehead atoms. The zero-order valence-corrected chi connectivity index (χ0v) is 22.4. The summed E-state index contributed by atoms with van der Waals surface area (Å²) in [5.74, 6) is 0. The maximum atomic E-state index is 4.85. The summed E-state index contributed by atoms with van der Waals surface area (Å²) >= 11 is 0. The van der Waals surface area contributed by atoms with E-state index in [0.717, 1.165) is 38.8 Å². The van der Waals surface area contributed by atoms with Crippen LogP contribution in [0.5, 0.6) is 0 Å².